The maximum atomic E-state index is 12.7. The van der Waals surface area contributed by atoms with E-state index < -0.39 is 33.7 Å². The van der Waals surface area contributed by atoms with Gasteiger partial charge in [-0.1, -0.05) is 0 Å². The number of alkyl halides is 3. The number of benzene rings is 2. The lowest BCUT2D eigenvalue weighted by Crippen LogP contribution is -2.21. The Morgan fingerprint density at radius 1 is 0.920 bits per heavy atom. The summed E-state index contributed by atoms with van der Waals surface area (Å²) in [7, 11) is -3.77. The fraction of sp³-hybridized carbons (Fsp3) is 0.200. The highest BCUT2D eigenvalue weighted by molar-refractivity contribution is 7.92. The predicted molar refractivity (Wildman–Crippen MR) is 82.4 cm³/mol. The summed E-state index contributed by atoms with van der Waals surface area (Å²) in [5.41, 5.74) is 0.0799. The number of rotatable bonds is 7. The molecule has 25 heavy (non-hydrogen) atoms. The summed E-state index contributed by atoms with van der Waals surface area (Å²) in [5.74, 6) is -0.995. The van der Waals surface area contributed by atoms with Gasteiger partial charge in [-0.15, -0.1) is 13.2 Å². The summed E-state index contributed by atoms with van der Waals surface area (Å²) in [6.45, 7) is -0.184. The predicted octanol–water partition coefficient (Wildman–Crippen LogP) is 3.55. The topological polar surface area (TPSA) is 64.6 Å². The Bertz CT molecular complexity index is 790. The van der Waals surface area contributed by atoms with Gasteiger partial charge in [-0.25, -0.2) is 12.8 Å². The van der Waals surface area contributed by atoms with Crippen molar-refractivity contribution in [3.63, 3.8) is 0 Å². The van der Waals surface area contributed by atoms with E-state index in [0.717, 1.165) is 24.3 Å². The fourth-order valence-electron chi connectivity index (χ4n) is 1.76. The van der Waals surface area contributed by atoms with Crippen LogP contribution in [0.2, 0.25) is 0 Å². The van der Waals surface area contributed by atoms with Crippen molar-refractivity contribution >= 4 is 15.7 Å². The quantitative estimate of drug-likeness (QED) is 0.748. The van der Waals surface area contributed by atoms with Crippen LogP contribution in [0.15, 0.2) is 48.5 Å². The van der Waals surface area contributed by atoms with Crippen molar-refractivity contribution in [2.24, 2.45) is 0 Å². The lowest BCUT2D eigenvalue weighted by Gasteiger charge is -2.11. The molecule has 0 radical (unpaired) electrons. The third-order valence-electron chi connectivity index (χ3n) is 2.80. The van der Waals surface area contributed by atoms with Crippen molar-refractivity contribution in [2.45, 2.75) is 6.36 Å². The van der Waals surface area contributed by atoms with E-state index in [-0.39, 0.29) is 12.3 Å². The van der Waals surface area contributed by atoms with E-state index in [4.69, 9.17) is 4.74 Å². The Balaban J connectivity index is 1.86. The summed E-state index contributed by atoms with van der Waals surface area (Å²) < 4.78 is 83.7. The summed E-state index contributed by atoms with van der Waals surface area (Å²) in [4.78, 5) is 0. The molecule has 0 heterocycles. The van der Waals surface area contributed by atoms with E-state index in [1.54, 1.807) is 0 Å². The minimum absolute atomic E-state index is 0.0799. The molecule has 2 aromatic carbocycles. The highest BCUT2D eigenvalue weighted by Gasteiger charge is 2.31. The van der Waals surface area contributed by atoms with Crippen molar-refractivity contribution in [3.8, 4) is 11.5 Å². The number of nitrogens with one attached hydrogen (secondary N) is 1. The molecule has 5 nitrogen and oxygen atoms in total. The zero-order chi connectivity index (χ0) is 18.5. The number of anilines is 1. The normalized spacial score (nSPS) is 11.8. The minimum atomic E-state index is -4.82. The highest BCUT2D eigenvalue weighted by atomic mass is 32.2. The van der Waals surface area contributed by atoms with E-state index >= 15 is 0 Å². The van der Waals surface area contributed by atoms with Crippen molar-refractivity contribution in [2.75, 3.05) is 17.1 Å². The van der Waals surface area contributed by atoms with Crippen LogP contribution in [0.5, 0.6) is 11.5 Å². The van der Waals surface area contributed by atoms with Gasteiger partial charge in [-0.3, -0.25) is 4.72 Å². The average molecular weight is 379 g/mol. The van der Waals surface area contributed by atoms with Crippen LogP contribution in [-0.4, -0.2) is 27.1 Å². The molecule has 1 N–H and O–H groups in total. The number of hydrogen-bond donors (Lipinski definition) is 1. The second-order valence-corrected chi connectivity index (χ2v) is 6.64. The molecular formula is C15H13F4NO4S. The Morgan fingerprint density at radius 3 is 2.04 bits per heavy atom. The van der Waals surface area contributed by atoms with Gasteiger partial charge in [0.05, 0.1) is 0 Å². The van der Waals surface area contributed by atoms with Gasteiger partial charge < -0.3 is 9.47 Å². The van der Waals surface area contributed by atoms with Crippen LogP contribution in [0, 0.1) is 5.82 Å². The van der Waals surface area contributed by atoms with Crippen LogP contribution in [0.4, 0.5) is 23.2 Å². The van der Waals surface area contributed by atoms with Gasteiger partial charge in [0.25, 0.3) is 0 Å². The zero-order valence-corrected chi connectivity index (χ0v) is 13.4. The lowest BCUT2D eigenvalue weighted by molar-refractivity contribution is -0.274. The summed E-state index contributed by atoms with van der Waals surface area (Å²) in [6, 6.07) is 9.31. The fourth-order valence-corrected chi connectivity index (χ4v) is 2.66. The van der Waals surface area contributed by atoms with Crippen molar-refractivity contribution in [1.29, 1.82) is 0 Å². The Hall–Kier alpha value is -2.49. The van der Waals surface area contributed by atoms with Crippen molar-refractivity contribution in [1.82, 2.24) is 0 Å². The average Bonchev–Trinajstić information content (AvgIpc) is 2.49. The SMILES string of the molecule is O=S(=O)(CCOc1ccc(F)cc1)Nc1ccc(OC(F)(F)F)cc1. The molecule has 2 aromatic rings. The van der Waals surface area contributed by atoms with Gasteiger partial charge in [0, 0.05) is 5.69 Å². The molecule has 0 bridgehead atoms. The first-order valence-electron chi connectivity index (χ1n) is 6.88. The highest BCUT2D eigenvalue weighted by Crippen LogP contribution is 2.24. The zero-order valence-electron chi connectivity index (χ0n) is 12.6. The molecule has 10 heteroatoms. The van der Waals surface area contributed by atoms with E-state index in [1.807, 2.05) is 0 Å². The molecule has 0 aliphatic carbocycles. The third kappa shape index (κ3) is 6.87. The molecule has 0 spiro atoms. The van der Waals surface area contributed by atoms with Crippen LogP contribution in [-0.2, 0) is 10.0 Å². The molecule has 0 atom stereocenters. The van der Waals surface area contributed by atoms with Crippen LogP contribution in [0.25, 0.3) is 0 Å². The van der Waals surface area contributed by atoms with Gasteiger partial charge in [0.1, 0.15) is 29.7 Å². The molecule has 0 unspecified atom stereocenters. The third-order valence-corrected chi connectivity index (χ3v) is 4.05. The molecule has 2 rings (SSSR count). The maximum absolute atomic E-state index is 12.7. The summed E-state index contributed by atoms with van der Waals surface area (Å²) >= 11 is 0. The smallest absolute Gasteiger partial charge is 0.492 e. The Kier molecular flexibility index (Phi) is 5.73. The molecule has 0 saturated carbocycles. The number of halogens is 4. The molecule has 0 aliphatic rings. The number of ether oxygens (including phenoxy) is 2. The van der Waals surface area contributed by atoms with E-state index in [1.165, 1.54) is 24.3 Å². The summed E-state index contributed by atoms with van der Waals surface area (Å²) in [6.07, 6.45) is -4.82. The molecule has 136 valence electrons. The van der Waals surface area contributed by atoms with Crippen LogP contribution < -0.4 is 14.2 Å². The van der Waals surface area contributed by atoms with Crippen molar-refractivity contribution < 1.29 is 35.5 Å². The van der Waals surface area contributed by atoms with E-state index in [2.05, 4.69) is 9.46 Å². The molecule has 0 aliphatic heterocycles. The monoisotopic (exact) mass is 379 g/mol. The largest absolute Gasteiger partial charge is 0.573 e. The second kappa shape index (κ2) is 7.60. The first kappa shape index (κ1) is 18.8. The molecule has 0 amide bonds. The first-order chi connectivity index (χ1) is 11.6. The van der Waals surface area contributed by atoms with Crippen LogP contribution in [0.3, 0.4) is 0 Å². The van der Waals surface area contributed by atoms with Crippen LogP contribution >= 0.6 is 0 Å². The minimum Gasteiger partial charge on any atom is -0.492 e. The van der Waals surface area contributed by atoms with Crippen molar-refractivity contribution in [3.05, 3.63) is 54.3 Å². The maximum Gasteiger partial charge on any atom is 0.573 e. The Morgan fingerprint density at radius 2 is 1.48 bits per heavy atom. The van der Waals surface area contributed by atoms with Gasteiger partial charge >= 0.3 is 6.36 Å². The van der Waals surface area contributed by atoms with Gasteiger partial charge in [-0.05, 0) is 48.5 Å². The molecule has 0 aromatic heterocycles. The van der Waals surface area contributed by atoms with Gasteiger partial charge in [0.2, 0.25) is 10.0 Å². The Labute approximate surface area is 141 Å². The number of sulfonamides is 1. The molecule has 0 saturated heterocycles. The van der Waals surface area contributed by atoms with Gasteiger partial charge in [0.15, 0.2) is 0 Å². The van der Waals surface area contributed by atoms with Crippen LogP contribution in [0.1, 0.15) is 0 Å². The summed E-state index contributed by atoms with van der Waals surface area (Å²) in [5, 5.41) is 0. The van der Waals surface area contributed by atoms with E-state index in [9.17, 15) is 26.0 Å². The first-order valence-corrected chi connectivity index (χ1v) is 8.53. The standard InChI is InChI=1S/C15H13F4NO4S/c16-11-1-5-13(6-2-11)23-9-10-25(21,22)20-12-3-7-14(8-4-12)24-15(17,18)19/h1-8,20H,9-10H2. The van der Waals surface area contributed by atoms with E-state index in [0.29, 0.717) is 5.75 Å². The molecule has 0 fully saturated rings. The van der Waals surface area contributed by atoms with Gasteiger partial charge in [-0.2, -0.15) is 0 Å². The molecular weight excluding hydrogens is 366 g/mol. The number of hydrogen-bond acceptors (Lipinski definition) is 4. The second-order valence-electron chi connectivity index (χ2n) is 4.80. The lowest BCUT2D eigenvalue weighted by atomic mass is 10.3.